The van der Waals surface area contributed by atoms with Crippen LogP contribution in [0.1, 0.15) is 44.1 Å². The van der Waals surface area contributed by atoms with E-state index in [2.05, 4.69) is 49.5 Å². The zero-order valence-electron chi connectivity index (χ0n) is 18.9. The van der Waals surface area contributed by atoms with Crippen LogP contribution < -0.4 is 5.32 Å². The molecule has 0 unspecified atom stereocenters. The Hall–Kier alpha value is -3.01. The summed E-state index contributed by atoms with van der Waals surface area (Å²) < 4.78 is 6.32. The molecule has 0 amide bonds. The first-order chi connectivity index (χ1) is 16.3. The Morgan fingerprint density at radius 3 is 2.62 bits per heavy atom. The normalized spacial score (nSPS) is 19.1. The fourth-order valence-corrected chi connectivity index (χ4v) is 5.68. The van der Waals surface area contributed by atoms with Crippen LogP contribution in [-0.4, -0.2) is 5.78 Å². The number of anilines is 1. The molecular weight excluding hydrogens is 465 g/mol. The number of furan rings is 1. The highest BCUT2D eigenvalue weighted by Crippen LogP contribution is 2.55. The van der Waals surface area contributed by atoms with Gasteiger partial charge in [0.2, 0.25) is 0 Å². The highest BCUT2D eigenvalue weighted by Gasteiger charge is 2.43. The van der Waals surface area contributed by atoms with Gasteiger partial charge in [-0.05, 0) is 64.6 Å². The molecule has 0 saturated carbocycles. The molecule has 2 aliphatic rings. The van der Waals surface area contributed by atoms with E-state index >= 15 is 0 Å². The van der Waals surface area contributed by atoms with Crippen LogP contribution in [0.2, 0.25) is 10.0 Å². The molecule has 1 aliphatic heterocycles. The van der Waals surface area contributed by atoms with Gasteiger partial charge in [-0.1, -0.05) is 67.4 Å². The minimum atomic E-state index is -0.354. The van der Waals surface area contributed by atoms with Crippen LogP contribution in [0.4, 0.5) is 5.69 Å². The molecule has 34 heavy (non-hydrogen) atoms. The first-order valence-corrected chi connectivity index (χ1v) is 12.2. The summed E-state index contributed by atoms with van der Waals surface area (Å²) in [5.74, 6) is 1.57. The number of halogens is 2. The summed E-state index contributed by atoms with van der Waals surface area (Å²) in [6.45, 7) is 4.48. The zero-order chi connectivity index (χ0) is 23.6. The monoisotopic (exact) mass is 487 g/mol. The van der Waals surface area contributed by atoms with Gasteiger partial charge in [0.15, 0.2) is 5.78 Å². The Balaban J connectivity index is 1.55. The highest BCUT2D eigenvalue weighted by molar-refractivity contribution is 6.42. The zero-order valence-corrected chi connectivity index (χ0v) is 20.4. The molecule has 4 aromatic rings. The van der Waals surface area contributed by atoms with Gasteiger partial charge < -0.3 is 9.73 Å². The lowest BCUT2D eigenvalue weighted by Crippen LogP contribution is -2.33. The molecule has 5 heteroatoms. The molecule has 2 heterocycles. The standard InChI is InChI=1S/C29H23Cl2NO2/c1-29(2)14-13-22(33)26-27(29)25-18-6-4-3-5-16(18)8-10-21(25)32-28(26)24-12-11-23(34-24)17-7-9-19(30)20(31)15-17/h3-12,15,28,32H,13-14H2,1-2H3/t28-/m1/s1. The fourth-order valence-electron chi connectivity index (χ4n) is 5.38. The highest BCUT2D eigenvalue weighted by atomic mass is 35.5. The van der Waals surface area contributed by atoms with E-state index in [9.17, 15) is 4.79 Å². The van der Waals surface area contributed by atoms with E-state index in [0.717, 1.165) is 39.8 Å². The van der Waals surface area contributed by atoms with Crippen LogP contribution in [0.5, 0.6) is 0 Å². The molecule has 1 atom stereocenters. The first-order valence-electron chi connectivity index (χ1n) is 11.5. The number of Topliss-reactive ketones (excluding diaryl/α,β-unsaturated/α-hetero) is 1. The van der Waals surface area contributed by atoms with Gasteiger partial charge in [-0.25, -0.2) is 0 Å². The van der Waals surface area contributed by atoms with Gasteiger partial charge in [-0.2, -0.15) is 0 Å². The molecule has 1 aliphatic carbocycles. The largest absolute Gasteiger partial charge is 0.459 e. The SMILES string of the molecule is CC1(C)CCC(=O)C2=C1c1c(ccc3ccccc13)N[C@@H]2c1ccc(-c2ccc(Cl)c(Cl)c2)o1. The van der Waals surface area contributed by atoms with Gasteiger partial charge in [-0.3, -0.25) is 4.79 Å². The van der Waals surface area contributed by atoms with Gasteiger partial charge in [0.1, 0.15) is 17.6 Å². The van der Waals surface area contributed by atoms with Gasteiger partial charge in [-0.15, -0.1) is 0 Å². The van der Waals surface area contributed by atoms with E-state index in [1.54, 1.807) is 12.1 Å². The van der Waals surface area contributed by atoms with Gasteiger partial charge in [0.25, 0.3) is 0 Å². The van der Waals surface area contributed by atoms with E-state index < -0.39 is 0 Å². The molecule has 0 fully saturated rings. The molecule has 3 aromatic carbocycles. The quantitative estimate of drug-likeness (QED) is 0.307. The van der Waals surface area contributed by atoms with Crippen molar-refractivity contribution >= 4 is 51.0 Å². The number of hydrogen-bond acceptors (Lipinski definition) is 3. The minimum Gasteiger partial charge on any atom is -0.459 e. The van der Waals surface area contributed by atoms with Crippen LogP contribution in [0.25, 0.3) is 27.7 Å². The summed E-state index contributed by atoms with van der Waals surface area (Å²) in [6.07, 6.45) is 1.36. The van der Waals surface area contributed by atoms with Crippen LogP contribution in [0.3, 0.4) is 0 Å². The maximum Gasteiger partial charge on any atom is 0.161 e. The van der Waals surface area contributed by atoms with Crippen molar-refractivity contribution < 1.29 is 9.21 Å². The maximum atomic E-state index is 13.4. The van der Waals surface area contributed by atoms with Crippen molar-refractivity contribution in [3.05, 3.63) is 93.7 Å². The summed E-state index contributed by atoms with van der Waals surface area (Å²) in [7, 11) is 0. The van der Waals surface area contributed by atoms with Crippen molar-refractivity contribution in [1.29, 1.82) is 0 Å². The van der Waals surface area contributed by atoms with Crippen molar-refractivity contribution in [3.63, 3.8) is 0 Å². The van der Waals surface area contributed by atoms with Crippen molar-refractivity contribution in [2.45, 2.75) is 32.7 Å². The molecule has 0 spiro atoms. The van der Waals surface area contributed by atoms with Crippen LogP contribution in [0, 0.1) is 5.41 Å². The van der Waals surface area contributed by atoms with Gasteiger partial charge in [0, 0.05) is 28.8 Å². The van der Waals surface area contributed by atoms with Crippen molar-refractivity contribution in [1.82, 2.24) is 0 Å². The second-order valence-corrected chi connectivity index (χ2v) is 10.5. The number of carbonyl (C=O) groups is 1. The third-order valence-corrected chi connectivity index (χ3v) is 7.85. The summed E-state index contributed by atoms with van der Waals surface area (Å²) in [6, 6.07) is 21.6. The van der Waals surface area contributed by atoms with Crippen molar-refractivity contribution in [3.8, 4) is 11.3 Å². The number of rotatable bonds is 2. The lowest BCUT2D eigenvalue weighted by atomic mass is 9.65. The van der Waals surface area contributed by atoms with E-state index in [1.165, 1.54) is 5.39 Å². The summed E-state index contributed by atoms with van der Waals surface area (Å²) in [5, 5.41) is 6.95. The fraction of sp³-hybridized carbons (Fsp3) is 0.207. The van der Waals surface area contributed by atoms with Crippen LogP contribution >= 0.6 is 23.2 Å². The van der Waals surface area contributed by atoms with Crippen molar-refractivity contribution in [2.75, 3.05) is 5.32 Å². The predicted octanol–water partition coefficient (Wildman–Crippen LogP) is 8.72. The lowest BCUT2D eigenvalue weighted by Gasteiger charge is -2.41. The average molecular weight is 488 g/mol. The number of ketones is 1. The Morgan fingerprint density at radius 2 is 1.79 bits per heavy atom. The van der Waals surface area contributed by atoms with Gasteiger partial charge >= 0.3 is 0 Å². The molecule has 3 nitrogen and oxygen atoms in total. The Bertz CT molecular complexity index is 1510. The summed E-state index contributed by atoms with van der Waals surface area (Å²) in [4.78, 5) is 13.4. The third kappa shape index (κ3) is 3.30. The Labute approximate surface area is 208 Å². The molecule has 0 saturated heterocycles. The lowest BCUT2D eigenvalue weighted by molar-refractivity contribution is -0.116. The van der Waals surface area contributed by atoms with Crippen LogP contribution in [-0.2, 0) is 4.79 Å². The maximum absolute atomic E-state index is 13.4. The molecule has 6 rings (SSSR count). The molecule has 0 radical (unpaired) electrons. The second kappa shape index (κ2) is 7.76. The van der Waals surface area contributed by atoms with E-state index in [4.69, 9.17) is 27.6 Å². The number of fused-ring (bicyclic) bond motifs is 4. The molecule has 0 bridgehead atoms. The average Bonchev–Trinajstić information content (AvgIpc) is 3.32. The summed E-state index contributed by atoms with van der Waals surface area (Å²) in [5.41, 5.74) is 4.81. The van der Waals surface area contributed by atoms with Crippen LogP contribution in [0.15, 0.2) is 76.7 Å². The topological polar surface area (TPSA) is 42.2 Å². The van der Waals surface area contributed by atoms with Gasteiger partial charge in [0.05, 0.1) is 10.0 Å². The van der Waals surface area contributed by atoms with E-state index in [0.29, 0.717) is 28.0 Å². The molecule has 1 N–H and O–H groups in total. The predicted molar refractivity (Wildman–Crippen MR) is 139 cm³/mol. The molecular formula is C29H23Cl2NO2. The second-order valence-electron chi connectivity index (χ2n) is 9.71. The number of benzene rings is 3. The number of nitrogens with one attached hydrogen (secondary N) is 1. The molecule has 170 valence electrons. The Kier molecular flexibility index (Phi) is 4.91. The Morgan fingerprint density at radius 1 is 0.971 bits per heavy atom. The van der Waals surface area contributed by atoms with Crippen molar-refractivity contribution in [2.24, 2.45) is 5.41 Å². The number of allylic oxidation sites excluding steroid dienone is 1. The smallest absolute Gasteiger partial charge is 0.161 e. The third-order valence-electron chi connectivity index (χ3n) is 7.11. The van der Waals surface area contributed by atoms with E-state index in [1.807, 2.05) is 24.3 Å². The number of carbonyl (C=O) groups excluding carboxylic acids is 1. The first kappa shape index (κ1) is 21.5. The summed E-state index contributed by atoms with van der Waals surface area (Å²) >= 11 is 12.3. The number of hydrogen-bond donors (Lipinski definition) is 1. The molecule has 1 aromatic heterocycles. The minimum absolute atomic E-state index is 0.137. The van der Waals surface area contributed by atoms with E-state index in [-0.39, 0.29) is 17.2 Å².